The van der Waals surface area contributed by atoms with Crippen molar-refractivity contribution in [2.24, 2.45) is 0 Å². The Labute approximate surface area is 113 Å². The predicted molar refractivity (Wildman–Crippen MR) is 71.9 cm³/mol. The van der Waals surface area contributed by atoms with Crippen molar-refractivity contribution in [3.05, 3.63) is 34.5 Å². The van der Waals surface area contributed by atoms with Gasteiger partial charge in [0.2, 0.25) is 0 Å². The third kappa shape index (κ3) is 5.25. The number of esters is 1. The van der Waals surface area contributed by atoms with Crippen molar-refractivity contribution in [3.63, 3.8) is 0 Å². The number of anilines is 1. The molecule has 0 saturated heterocycles. The number of rotatable bonds is 5. The van der Waals surface area contributed by atoms with E-state index in [1.54, 1.807) is 0 Å². The molecule has 1 aromatic rings. The molecule has 0 amide bonds. The normalized spacial score (nSPS) is 10.5. The van der Waals surface area contributed by atoms with Crippen LogP contribution in [0.3, 0.4) is 0 Å². The van der Waals surface area contributed by atoms with Crippen LogP contribution >= 0.6 is 0 Å². The van der Waals surface area contributed by atoms with Crippen LogP contribution in [0.1, 0.15) is 6.92 Å². The van der Waals surface area contributed by atoms with Crippen molar-refractivity contribution in [1.82, 2.24) is 0 Å². The van der Waals surface area contributed by atoms with E-state index in [2.05, 4.69) is 29.2 Å². The first-order chi connectivity index (χ1) is 8.13. The average molecular weight is 347 g/mol. The summed E-state index contributed by atoms with van der Waals surface area (Å²) in [4.78, 5) is 13.2. The summed E-state index contributed by atoms with van der Waals surface area (Å²) < 4.78 is 8.08. The fourth-order valence-electron chi connectivity index (χ4n) is 1.18. The summed E-state index contributed by atoms with van der Waals surface area (Å²) in [5.41, 5.74) is 1.19. The van der Waals surface area contributed by atoms with E-state index in [1.165, 1.54) is 15.4 Å². The van der Waals surface area contributed by atoms with Gasteiger partial charge in [-0.2, -0.15) is 0 Å². The van der Waals surface area contributed by atoms with Crippen molar-refractivity contribution in [1.29, 1.82) is 0 Å². The summed E-state index contributed by atoms with van der Waals surface area (Å²) in [6, 6.07) is 8.43. The first-order valence-corrected chi connectivity index (χ1v) is 7.92. The van der Waals surface area contributed by atoms with E-state index in [0.29, 0.717) is 6.61 Å². The Hall–Kier alpha value is -0.980. The molecule has 4 heteroatoms. The number of hydrogen-bond donors (Lipinski definition) is 0. The molecule has 0 radical (unpaired) electrons. The molecule has 0 aliphatic heterocycles. The molecule has 1 rings (SSSR count). The van der Waals surface area contributed by atoms with Gasteiger partial charge in [0.25, 0.3) is 0 Å². The van der Waals surface area contributed by atoms with Gasteiger partial charge >= 0.3 is 113 Å². The topological polar surface area (TPSA) is 29.5 Å². The van der Waals surface area contributed by atoms with Gasteiger partial charge in [0, 0.05) is 0 Å². The Kier molecular flexibility index (Phi) is 6.10. The maximum absolute atomic E-state index is 11.1. The van der Waals surface area contributed by atoms with Gasteiger partial charge in [-0.05, 0) is 0 Å². The number of benzene rings is 1. The monoisotopic (exact) mass is 349 g/mol. The minimum absolute atomic E-state index is 0.248. The van der Waals surface area contributed by atoms with Crippen molar-refractivity contribution >= 4 is 36.2 Å². The van der Waals surface area contributed by atoms with E-state index in [4.69, 9.17) is 4.74 Å². The quantitative estimate of drug-likeness (QED) is 0.455. The van der Waals surface area contributed by atoms with Gasteiger partial charge in [0.05, 0.1) is 0 Å². The summed E-state index contributed by atoms with van der Waals surface area (Å²) in [5, 5.41) is 0. The molecule has 3 nitrogen and oxygen atoms in total. The molecule has 0 bridgehead atoms. The van der Waals surface area contributed by atoms with Crippen molar-refractivity contribution in [2.45, 2.75) is 6.92 Å². The van der Waals surface area contributed by atoms with Crippen molar-refractivity contribution in [2.75, 3.05) is 25.6 Å². The third-order valence-electron chi connectivity index (χ3n) is 2.05. The summed E-state index contributed by atoms with van der Waals surface area (Å²) in [5.74, 6) is -0.248. The van der Waals surface area contributed by atoms with Gasteiger partial charge in [-0.3, -0.25) is 0 Å². The van der Waals surface area contributed by atoms with Gasteiger partial charge in [-0.1, -0.05) is 0 Å². The van der Waals surface area contributed by atoms with Crippen LogP contribution < -0.4 is 8.51 Å². The van der Waals surface area contributed by atoms with E-state index in [0.717, 1.165) is 0 Å². The molecular formula is C13H17NO2Te. The predicted octanol–water partition coefficient (Wildman–Crippen LogP) is 1.16. The van der Waals surface area contributed by atoms with Gasteiger partial charge in [-0.15, -0.1) is 0 Å². The molecule has 0 spiro atoms. The molecule has 1 aromatic carbocycles. The van der Waals surface area contributed by atoms with Crippen LogP contribution in [0.5, 0.6) is 0 Å². The Morgan fingerprint density at radius 3 is 2.53 bits per heavy atom. The second-order valence-electron chi connectivity index (χ2n) is 3.56. The number of nitrogens with zero attached hydrogens (tertiary/aromatic N) is 1. The molecule has 0 N–H and O–H groups in total. The van der Waals surface area contributed by atoms with Gasteiger partial charge in [0.1, 0.15) is 0 Å². The number of ether oxygens (including phenoxy) is 1. The summed E-state index contributed by atoms with van der Waals surface area (Å²) in [7, 11) is 4.04. The van der Waals surface area contributed by atoms with Gasteiger partial charge in [0.15, 0.2) is 0 Å². The van der Waals surface area contributed by atoms with Gasteiger partial charge in [-0.25, -0.2) is 0 Å². The van der Waals surface area contributed by atoms with Crippen molar-refractivity contribution in [3.8, 4) is 0 Å². The van der Waals surface area contributed by atoms with Crippen LogP contribution in [0.2, 0.25) is 0 Å². The SMILES string of the molecule is CCOC(=O)/C=C\[Te]c1ccc(N(C)C)cc1. The van der Waals surface area contributed by atoms with Crippen LogP contribution in [0.4, 0.5) is 5.69 Å². The zero-order valence-electron chi connectivity index (χ0n) is 10.3. The van der Waals surface area contributed by atoms with E-state index < -0.39 is 20.9 Å². The van der Waals surface area contributed by atoms with Crippen LogP contribution in [-0.2, 0) is 9.53 Å². The molecule has 0 aliphatic carbocycles. The average Bonchev–Trinajstić information content (AvgIpc) is 2.30. The van der Waals surface area contributed by atoms with Crippen molar-refractivity contribution < 1.29 is 9.53 Å². The Morgan fingerprint density at radius 1 is 1.35 bits per heavy atom. The second kappa shape index (κ2) is 7.37. The summed E-state index contributed by atoms with van der Waals surface area (Å²) >= 11 is -0.431. The van der Waals surface area contributed by atoms with E-state index in [-0.39, 0.29) is 5.97 Å². The molecular weight excluding hydrogens is 330 g/mol. The maximum atomic E-state index is 11.1. The van der Waals surface area contributed by atoms with Gasteiger partial charge < -0.3 is 0 Å². The molecule has 0 aliphatic rings. The van der Waals surface area contributed by atoms with Crippen LogP contribution in [0.15, 0.2) is 34.5 Å². The second-order valence-corrected chi connectivity index (χ2v) is 6.36. The van der Waals surface area contributed by atoms with E-state index >= 15 is 0 Å². The standard InChI is InChI=1S/C13H17NO2Te/c1-4-16-13(15)9-10-17-12-7-5-11(6-8-12)14(2)3/h5-10H,4H2,1-3H3/b10-9-. The molecule has 92 valence electrons. The Bertz CT molecular complexity index is 385. The Balaban J connectivity index is 2.50. The number of carbonyl (C=O) groups is 1. The fraction of sp³-hybridized carbons (Fsp3) is 0.308. The minimum atomic E-state index is -0.431. The third-order valence-corrected chi connectivity index (χ3v) is 4.38. The summed E-state index contributed by atoms with van der Waals surface area (Å²) in [6.07, 6.45) is 1.53. The number of hydrogen-bond acceptors (Lipinski definition) is 3. The number of carbonyl (C=O) groups excluding carboxylic acids is 1. The molecule has 0 fully saturated rings. The summed E-state index contributed by atoms with van der Waals surface area (Å²) in [6.45, 7) is 2.24. The first-order valence-electron chi connectivity index (χ1n) is 5.41. The molecule has 0 saturated carbocycles. The van der Waals surface area contributed by atoms with Crippen LogP contribution in [0, 0.1) is 0 Å². The molecule has 0 heterocycles. The Morgan fingerprint density at radius 2 is 2.00 bits per heavy atom. The fourth-order valence-corrected chi connectivity index (χ4v) is 2.98. The van der Waals surface area contributed by atoms with E-state index in [9.17, 15) is 4.79 Å². The zero-order valence-corrected chi connectivity index (χ0v) is 12.7. The zero-order chi connectivity index (χ0) is 12.7. The molecule has 0 aromatic heterocycles. The van der Waals surface area contributed by atoms with Crippen LogP contribution in [0.25, 0.3) is 0 Å². The van der Waals surface area contributed by atoms with E-state index in [1.807, 2.05) is 25.1 Å². The molecule has 17 heavy (non-hydrogen) atoms. The molecule has 0 unspecified atom stereocenters. The molecule has 0 atom stereocenters. The van der Waals surface area contributed by atoms with Crippen LogP contribution in [-0.4, -0.2) is 47.6 Å². The first kappa shape index (κ1) is 14.1.